The van der Waals surface area contributed by atoms with E-state index in [1.807, 2.05) is 62.4 Å². The lowest BCUT2D eigenvalue weighted by molar-refractivity contribution is 0.402. The molecule has 158 valence electrons. The molecule has 0 saturated heterocycles. The molecule has 0 unspecified atom stereocenters. The van der Waals surface area contributed by atoms with E-state index in [2.05, 4.69) is 6.07 Å². The van der Waals surface area contributed by atoms with Gasteiger partial charge in [0.05, 0.1) is 12.9 Å². The average molecular weight is 424 g/mol. The number of hydrogen-bond acceptors (Lipinski definition) is 4. The van der Waals surface area contributed by atoms with Crippen molar-refractivity contribution in [2.45, 2.75) is 37.3 Å². The molecule has 0 spiro atoms. The van der Waals surface area contributed by atoms with Gasteiger partial charge in [-0.3, -0.25) is 0 Å². The van der Waals surface area contributed by atoms with Crippen LogP contribution in [-0.4, -0.2) is 22.1 Å². The Bertz CT molecular complexity index is 1140. The van der Waals surface area contributed by atoms with Gasteiger partial charge < -0.3 is 10.5 Å². The summed E-state index contributed by atoms with van der Waals surface area (Å²) in [6, 6.07) is 19.3. The Balaban J connectivity index is 2.02. The van der Waals surface area contributed by atoms with Crippen molar-refractivity contribution in [3.63, 3.8) is 0 Å². The molecule has 30 heavy (non-hydrogen) atoms. The molecule has 0 aliphatic carbocycles. The van der Waals surface area contributed by atoms with Crippen molar-refractivity contribution >= 4 is 9.84 Å². The summed E-state index contributed by atoms with van der Waals surface area (Å²) in [6.07, 6.45) is 1.72. The molecule has 0 radical (unpaired) electrons. The van der Waals surface area contributed by atoms with E-state index in [0.717, 1.165) is 46.2 Å². The van der Waals surface area contributed by atoms with E-state index in [-0.39, 0.29) is 10.6 Å². The van der Waals surface area contributed by atoms with Gasteiger partial charge in [-0.15, -0.1) is 0 Å². The standard InChI is InChI=1S/C25H29NO3S/c1-18-7-4-11-22(13-18)23-16-25(24(29-3)14-19(23)2)30(27,28)17-21-9-5-8-20(15-21)10-6-12-26/h4-5,7-9,11,13-16H,6,10,12,17,26H2,1-3H3. The van der Waals surface area contributed by atoms with E-state index in [0.29, 0.717) is 12.3 Å². The Morgan fingerprint density at radius 3 is 2.37 bits per heavy atom. The summed E-state index contributed by atoms with van der Waals surface area (Å²) in [6.45, 7) is 4.61. The van der Waals surface area contributed by atoms with Crippen molar-refractivity contribution < 1.29 is 13.2 Å². The second kappa shape index (κ2) is 9.45. The first kappa shape index (κ1) is 22.1. The third kappa shape index (κ3) is 5.10. The number of aryl methyl sites for hydroxylation is 3. The number of ether oxygens (including phenoxy) is 1. The predicted molar refractivity (Wildman–Crippen MR) is 123 cm³/mol. The van der Waals surface area contributed by atoms with Gasteiger partial charge in [-0.05, 0) is 73.2 Å². The quantitative estimate of drug-likeness (QED) is 0.563. The summed E-state index contributed by atoms with van der Waals surface area (Å²) < 4.78 is 32.2. The number of sulfone groups is 1. The monoisotopic (exact) mass is 423 g/mol. The molecule has 0 aliphatic heterocycles. The number of rotatable bonds is 8. The Hall–Kier alpha value is -2.63. The van der Waals surface area contributed by atoms with Crippen LogP contribution in [0.5, 0.6) is 5.75 Å². The highest BCUT2D eigenvalue weighted by Crippen LogP contribution is 2.35. The van der Waals surface area contributed by atoms with Crippen LogP contribution in [0.2, 0.25) is 0 Å². The van der Waals surface area contributed by atoms with Gasteiger partial charge in [-0.1, -0.05) is 54.1 Å². The topological polar surface area (TPSA) is 69.4 Å². The van der Waals surface area contributed by atoms with Gasteiger partial charge in [0.15, 0.2) is 9.84 Å². The van der Waals surface area contributed by atoms with Gasteiger partial charge >= 0.3 is 0 Å². The molecule has 0 saturated carbocycles. The molecule has 3 rings (SSSR count). The minimum Gasteiger partial charge on any atom is -0.495 e. The molecule has 3 aromatic rings. The summed E-state index contributed by atoms with van der Waals surface area (Å²) in [4.78, 5) is 0.222. The number of methoxy groups -OCH3 is 1. The fourth-order valence-corrected chi connectivity index (χ4v) is 5.19. The minimum atomic E-state index is -3.60. The van der Waals surface area contributed by atoms with Crippen molar-refractivity contribution in [3.05, 3.63) is 82.9 Å². The van der Waals surface area contributed by atoms with E-state index >= 15 is 0 Å². The van der Waals surface area contributed by atoms with E-state index in [4.69, 9.17) is 10.5 Å². The molecule has 0 bridgehead atoms. The number of hydrogen-bond donors (Lipinski definition) is 1. The lowest BCUT2D eigenvalue weighted by Gasteiger charge is -2.15. The Kier molecular flexibility index (Phi) is 6.95. The molecule has 3 aromatic carbocycles. The maximum atomic E-state index is 13.4. The predicted octanol–water partition coefficient (Wildman–Crippen LogP) is 4.84. The molecule has 0 aromatic heterocycles. The first-order valence-corrected chi connectivity index (χ1v) is 11.8. The first-order valence-electron chi connectivity index (χ1n) is 10.1. The van der Waals surface area contributed by atoms with E-state index in [9.17, 15) is 8.42 Å². The summed E-state index contributed by atoms with van der Waals surface area (Å²) in [5.41, 5.74) is 11.5. The van der Waals surface area contributed by atoms with Crippen LogP contribution in [0.4, 0.5) is 0 Å². The third-order valence-electron chi connectivity index (χ3n) is 5.19. The molecular weight excluding hydrogens is 394 g/mol. The maximum absolute atomic E-state index is 13.4. The fraction of sp³-hybridized carbons (Fsp3) is 0.280. The smallest absolute Gasteiger partial charge is 0.186 e. The van der Waals surface area contributed by atoms with Crippen LogP contribution in [-0.2, 0) is 22.0 Å². The van der Waals surface area contributed by atoms with Crippen molar-refractivity contribution in [2.75, 3.05) is 13.7 Å². The van der Waals surface area contributed by atoms with Crippen LogP contribution in [0, 0.1) is 13.8 Å². The second-order valence-corrected chi connectivity index (χ2v) is 9.62. The fourth-order valence-electron chi connectivity index (χ4n) is 3.67. The molecule has 0 amide bonds. The normalized spacial score (nSPS) is 11.5. The summed E-state index contributed by atoms with van der Waals surface area (Å²) in [5.74, 6) is 0.305. The highest BCUT2D eigenvalue weighted by atomic mass is 32.2. The summed E-state index contributed by atoms with van der Waals surface area (Å²) in [5, 5.41) is 0. The summed E-state index contributed by atoms with van der Waals surface area (Å²) in [7, 11) is -2.09. The molecule has 4 nitrogen and oxygen atoms in total. The van der Waals surface area contributed by atoms with Gasteiger partial charge in [0.25, 0.3) is 0 Å². The molecule has 5 heteroatoms. The minimum absolute atomic E-state index is 0.0733. The van der Waals surface area contributed by atoms with Gasteiger partial charge in [0.2, 0.25) is 0 Å². The molecule has 0 fully saturated rings. The first-order chi connectivity index (χ1) is 14.3. The van der Waals surface area contributed by atoms with Crippen LogP contribution < -0.4 is 10.5 Å². The number of nitrogens with two attached hydrogens (primary N) is 1. The Morgan fingerprint density at radius 1 is 0.933 bits per heavy atom. The highest BCUT2D eigenvalue weighted by Gasteiger charge is 2.23. The van der Waals surface area contributed by atoms with E-state index in [1.165, 1.54) is 7.11 Å². The lowest BCUT2D eigenvalue weighted by Crippen LogP contribution is -2.08. The van der Waals surface area contributed by atoms with Gasteiger partial charge in [-0.25, -0.2) is 8.42 Å². The highest BCUT2D eigenvalue weighted by molar-refractivity contribution is 7.90. The lowest BCUT2D eigenvalue weighted by atomic mass is 9.99. The molecule has 2 N–H and O–H groups in total. The van der Waals surface area contributed by atoms with Crippen molar-refractivity contribution in [2.24, 2.45) is 5.73 Å². The van der Waals surface area contributed by atoms with E-state index < -0.39 is 9.84 Å². The van der Waals surface area contributed by atoms with Crippen LogP contribution in [0.25, 0.3) is 11.1 Å². The zero-order valence-electron chi connectivity index (χ0n) is 17.8. The van der Waals surface area contributed by atoms with Crippen LogP contribution in [0.15, 0.2) is 65.6 Å². The zero-order chi connectivity index (χ0) is 21.7. The average Bonchev–Trinajstić information content (AvgIpc) is 2.71. The molecular formula is C25H29NO3S. The maximum Gasteiger partial charge on any atom is 0.186 e. The van der Waals surface area contributed by atoms with Gasteiger partial charge in [0, 0.05) is 0 Å². The second-order valence-electron chi connectivity index (χ2n) is 7.66. The van der Waals surface area contributed by atoms with Crippen LogP contribution in [0.1, 0.15) is 28.7 Å². The molecule has 0 aliphatic rings. The van der Waals surface area contributed by atoms with E-state index in [1.54, 1.807) is 6.07 Å². The van der Waals surface area contributed by atoms with Crippen molar-refractivity contribution in [3.8, 4) is 16.9 Å². The van der Waals surface area contributed by atoms with Crippen molar-refractivity contribution in [1.29, 1.82) is 0 Å². The molecule has 0 atom stereocenters. The van der Waals surface area contributed by atoms with Crippen molar-refractivity contribution in [1.82, 2.24) is 0 Å². The Morgan fingerprint density at radius 2 is 1.67 bits per heavy atom. The zero-order valence-corrected chi connectivity index (χ0v) is 18.6. The molecule has 0 heterocycles. The SMILES string of the molecule is COc1cc(C)c(-c2cccc(C)c2)cc1S(=O)(=O)Cc1cccc(CCCN)c1. The van der Waals surface area contributed by atoms with Crippen LogP contribution in [0.3, 0.4) is 0 Å². The number of benzene rings is 3. The van der Waals surface area contributed by atoms with Gasteiger partial charge in [-0.2, -0.15) is 0 Å². The Labute approximate surface area is 179 Å². The third-order valence-corrected chi connectivity index (χ3v) is 6.89. The van der Waals surface area contributed by atoms with Crippen LogP contribution >= 0.6 is 0 Å². The summed E-state index contributed by atoms with van der Waals surface area (Å²) >= 11 is 0. The largest absolute Gasteiger partial charge is 0.495 e. The van der Waals surface area contributed by atoms with Gasteiger partial charge in [0.1, 0.15) is 10.6 Å².